The summed E-state index contributed by atoms with van der Waals surface area (Å²) in [6.45, 7) is 3.95. The van der Waals surface area contributed by atoms with Gasteiger partial charge in [0.25, 0.3) is 0 Å². The van der Waals surface area contributed by atoms with Crippen molar-refractivity contribution in [3.05, 3.63) is 78.1 Å². The molecule has 0 spiro atoms. The summed E-state index contributed by atoms with van der Waals surface area (Å²) in [7, 11) is 0. The molecular formula is C20H20N4O4. The van der Waals surface area contributed by atoms with Crippen molar-refractivity contribution in [2.24, 2.45) is 4.99 Å². The number of allylic oxidation sites excluding steroid dienone is 1. The molecule has 4 rings (SSSR count). The summed E-state index contributed by atoms with van der Waals surface area (Å²) in [5.41, 5.74) is 2.34. The molecule has 1 fully saturated rings. The fraction of sp³-hybridized carbons (Fsp3) is 0.0500. The highest BCUT2D eigenvalue weighted by Gasteiger charge is 2.11. The van der Waals surface area contributed by atoms with Crippen LogP contribution in [-0.2, 0) is 0 Å². The van der Waals surface area contributed by atoms with Crippen molar-refractivity contribution in [1.82, 2.24) is 16.0 Å². The highest BCUT2D eigenvalue weighted by molar-refractivity contribution is 5.99. The van der Waals surface area contributed by atoms with Crippen LogP contribution in [0.15, 0.2) is 77.6 Å². The first-order chi connectivity index (χ1) is 13.4. The molecule has 2 heterocycles. The molecule has 144 valence electrons. The van der Waals surface area contributed by atoms with Gasteiger partial charge in [0.05, 0.1) is 18.5 Å². The van der Waals surface area contributed by atoms with E-state index in [2.05, 4.69) is 27.5 Å². The molecule has 28 heavy (non-hydrogen) atoms. The molecule has 0 aromatic heterocycles. The Morgan fingerprint density at radius 2 is 1.57 bits per heavy atom. The lowest BCUT2D eigenvalue weighted by Crippen LogP contribution is -2.19. The van der Waals surface area contributed by atoms with E-state index in [-0.39, 0.29) is 17.8 Å². The predicted octanol–water partition coefficient (Wildman–Crippen LogP) is 2.73. The van der Waals surface area contributed by atoms with Crippen LogP contribution in [0.4, 0.5) is 9.59 Å². The molecule has 0 saturated carbocycles. The number of rotatable bonds is 1. The molecular weight excluding hydrogens is 360 g/mol. The zero-order chi connectivity index (χ0) is 20.4. The van der Waals surface area contributed by atoms with Gasteiger partial charge in [-0.05, 0) is 35.9 Å². The number of urea groups is 2. The number of aliphatic imine (C=N–C) groups is 1. The Morgan fingerprint density at radius 3 is 1.96 bits per heavy atom. The molecule has 0 radical (unpaired) electrons. The summed E-state index contributed by atoms with van der Waals surface area (Å²) in [6, 6.07) is 15.0. The number of aromatic hydroxyl groups is 2. The standard InChI is InChI=1S/C10H10N2O2.C6H6O.C4H4N2O/c13-9-3-1-7(2-4-9)5-8-6-11-10(14)12-8;7-6-4-2-1-3-5-6;1-3-2-5-4(7)6-3/h1-5,13H,6H2,(H2,11,12,14);1-5,7H;2H,1H2,(H,6,7). The lowest BCUT2D eigenvalue weighted by molar-refractivity contribution is 0.248. The number of phenolic OH excluding ortho intramolecular Hbond substituents is 2. The minimum absolute atomic E-state index is 0.171. The van der Waals surface area contributed by atoms with E-state index in [9.17, 15) is 9.59 Å². The Kier molecular flexibility index (Phi) is 7.35. The molecule has 0 unspecified atom stereocenters. The zero-order valence-electron chi connectivity index (χ0n) is 14.9. The number of nitrogens with one attached hydrogen (secondary N) is 3. The van der Waals surface area contributed by atoms with E-state index in [1.165, 1.54) is 6.21 Å². The van der Waals surface area contributed by atoms with E-state index < -0.39 is 0 Å². The van der Waals surface area contributed by atoms with Crippen molar-refractivity contribution in [2.75, 3.05) is 6.54 Å². The molecule has 2 aromatic carbocycles. The third kappa shape index (κ3) is 7.44. The number of benzene rings is 2. The van der Waals surface area contributed by atoms with Gasteiger partial charge in [-0.2, -0.15) is 4.99 Å². The minimum atomic E-state index is -0.329. The molecule has 0 bridgehead atoms. The maximum absolute atomic E-state index is 10.8. The van der Waals surface area contributed by atoms with E-state index in [1.807, 2.05) is 12.1 Å². The third-order valence-corrected chi connectivity index (χ3v) is 3.31. The number of para-hydroxylation sites is 1. The van der Waals surface area contributed by atoms with Crippen molar-refractivity contribution in [3.63, 3.8) is 0 Å². The summed E-state index contributed by atoms with van der Waals surface area (Å²) < 4.78 is 0. The van der Waals surface area contributed by atoms with E-state index in [4.69, 9.17) is 10.2 Å². The second-order valence-electron chi connectivity index (χ2n) is 5.62. The smallest absolute Gasteiger partial charge is 0.345 e. The van der Waals surface area contributed by atoms with Gasteiger partial charge in [-0.1, -0.05) is 36.9 Å². The van der Waals surface area contributed by atoms with Crippen LogP contribution in [0.5, 0.6) is 11.5 Å². The molecule has 8 nitrogen and oxygen atoms in total. The van der Waals surface area contributed by atoms with Crippen molar-refractivity contribution in [2.45, 2.75) is 0 Å². The maximum Gasteiger partial charge on any atom is 0.345 e. The van der Waals surface area contributed by atoms with Crippen molar-refractivity contribution >= 4 is 24.4 Å². The van der Waals surface area contributed by atoms with Gasteiger partial charge in [-0.15, -0.1) is 0 Å². The molecule has 0 atom stereocenters. The van der Waals surface area contributed by atoms with Gasteiger partial charge in [-0.3, -0.25) is 0 Å². The van der Waals surface area contributed by atoms with Crippen LogP contribution in [0.25, 0.3) is 6.08 Å². The third-order valence-electron chi connectivity index (χ3n) is 3.31. The van der Waals surface area contributed by atoms with Crippen LogP contribution >= 0.6 is 0 Å². The first-order valence-electron chi connectivity index (χ1n) is 8.25. The fourth-order valence-electron chi connectivity index (χ4n) is 2.04. The summed E-state index contributed by atoms with van der Waals surface area (Å²) in [4.78, 5) is 24.2. The number of nitrogens with zero attached hydrogens (tertiary/aromatic N) is 1. The van der Waals surface area contributed by atoms with Crippen molar-refractivity contribution < 1.29 is 19.8 Å². The lowest BCUT2D eigenvalue weighted by Gasteiger charge is -1.97. The second kappa shape index (κ2) is 10.2. The quantitative estimate of drug-likeness (QED) is 0.522. The summed E-state index contributed by atoms with van der Waals surface area (Å²) >= 11 is 0. The monoisotopic (exact) mass is 380 g/mol. The van der Waals surface area contributed by atoms with E-state index >= 15 is 0 Å². The number of amides is 4. The Hall–Kier alpha value is -4.07. The van der Waals surface area contributed by atoms with Gasteiger partial charge >= 0.3 is 12.1 Å². The average Bonchev–Trinajstić information content (AvgIpc) is 3.26. The van der Waals surface area contributed by atoms with E-state index in [0.717, 1.165) is 11.3 Å². The minimum Gasteiger partial charge on any atom is -0.508 e. The largest absolute Gasteiger partial charge is 0.508 e. The molecule has 4 amide bonds. The number of hydrogen-bond acceptors (Lipinski definition) is 4. The van der Waals surface area contributed by atoms with Gasteiger partial charge in [0.2, 0.25) is 0 Å². The topological polar surface area (TPSA) is 123 Å². The Morgan fingerprint density at radius 1 is 0.929 bits per heavy atom. The number of hydrogen-bond donors (Lipinski definition) is 5. The highest BCUT2D eigenvalue weighted by atomic mass is 16.3. The average molecular weight is 380 g/mol. The highest BCUT2D eigenvalue weighted by Crippen LogP contribution is 2.12. The summed E-state index contributed by atoms with van der Waals surface area (Å²) in [5, 5.41) is 25.3. The molecule has 8 heteroatoms. The number of carbonyl (C=O) groups excluding carboxylic acids is 2. The van der Waals surface area contributed by atoms with Crippen LogP contribution in [0.1, 0.15) is 5.56 Å². The summed E-state index contributed by atoms with van der Waals surface area (Å²) in [6.07, 6.45) is 3.25. The predicted molar refractivity (Wildman–Crippen MR) is 107 cm³/mol. The van der Waals surface area contributed by atoms with Gasteiger partial charge in [0.1, 0.15) is 11.5 Å². The number of carbonyl (C=O) groups is 2. The molecule has 2 aliphatic heterocycles. The van der Waals surface area contributed by atoms with Crippen LogP contribution < -0.4 is 16.0 Å². The number of phenols is 2. The molecule has 2 aliphatic rings. The van der Waals surface area contributed by atoms with Crippen LogP contribution in [-0.4, -0.2) is 35.0 Å². The molecule has 0 aliphatic carbocycles. The maximum atomic E-state index is 10.8. The van der Waals surface area contributed by atoms with E-state index in [1.54, 1.807) is 48.5 Å². The normalized spacial score (nSPS) is 15.6. The fourth-order valence-corrected chi connectivity index (χ4v) is 2.04. The van der Waals surface area contributed by atoms with Crippen molar-refractivity contribution in [3.8, 4) is 11.5 Å². The first-order valence-corrected chi connectivity index (χ1v) is 8.25. The molecule has 1 saturated heterocycles. The van der Waals surface area contributed by atoms with Gasteiger partial charge in [0, 0.05) is 5.70 Å². The first kappa shape index (κ1) is 20.2. The molecule has 2 aromatic rings. The Labute approximate surface area is 161 Å². The SMILES string of the molecule is C=C1C=NC(=O)N1.O=C1NCC(=Cc2ccc(O)cc2)N1.Oc1ccccc1. The van der Waals surface area contributed by atoms with Gasteiger partial charge in [-0.25, -0.2) is 9.59 Å². The van der Waals surface area contributed by atoms with Crippen LogP contribution in [0.2, 0.25) is 0 Å². The summed E-state index contributed by atoms with van der Waals surface area (Å²) in [5.74, 6) is 0.559. The van der Waals surface area contributed by atoms with Crippen molar-refractivity contribution in [1.29, 1.82) is 0 Å². The van der Waals surface area contributed by atoms with E-state index in [0.29, 0.717) is 18.0 Å². The van der Waals surface area contributed by atoms with Gasteiger partial charge < -0.3 is 26.2 Å². The van der Waals surface area contributed by atoms with Crippen LogP contribution in [0, 0.1) is 0 Å². The molecule has 5 N–H and O–H groups in total. The van der Waals surface area contributed by atoms with Crippen LogP contribution in [0.3, 0.4) is 0 Å². The Balaban J connectivity index is 0.000000168. The van der Waals surface area contributed by atoms with Gasteiger partial charge in [0.15, 0.2) is 0 Å². The lowest BCUT2D eigenvalue weighted by atomic mass is 10.2. The second-order valence-corrected chi connectivity index (χ2v) is 5.62. The Bertz CT molecular complexity index is 874. The zero-order valence-corrected chi connectivity index (χ0v) is 14.9.